The van der Waals surface area contributed by atoms with Crippen LogP contribution in [0.15, 0.2) is 84.3 Å². The fourth-order valence-corrected chi connectivity index (χ4v) is 3.60. The SMILES string of the molecule is Cc1ccc(C(=O)C2=C(O)C(=O)N(c3ncccc3C)C2c2ccccc2)cc1. The van der Waals surface area contributed by atoms with Crippen LogP contribution in [0.3, 0.4) is 0 Å². The van der Waals surface area contributed by atoms with Gasteiger partial charge in [0.05, 0.1) is 11.6 Å². The molecule has 5 heteroatoms. The van der Waals surface area contributed by atoms with Crippen molar-refractivity contribution in [3.8, 4) is 0 Å². The summed E-state index contributed by atoms with van der Waals surface area (Å²) in [6, 6.07) is 19.2. The molecule has 1 aromatic heterocycles. The van der Waals surface area contributed by atoms with Crippen LogP contribution in [0.2, 0.25) is 0 Å². The van der Waals surface area contributed by atoms with Gasteiger partial charge in [-0.25, -0.2) is 4.98 Å². The first-order valence-electron chi connectivity index (χ1n) is 9.33. The van der Waals surface area contributed by atoms with Gasteiger partial charge in [0.15, 0.2) is 11.5 Å². The average molecular weight is 384 g/mol. The number of hydrogen-bond acceptors (Lipinski definition) is 4. The van der Waals surface area contributed by atoms with E-state index in [-0.39, 0.29) is 11.4 Å². The summed E-state index contributed by atoms with van der Waals surface area (Å²) in [4.78, 5) is 32.2. The Balaban J connectivity index is 1.89. The molecule has 0 aliphatic carbocycles. The van der Waals surface area contributed by atoms with E-state index < -0.39 is 17.7 Å². The van der Waals surface area contributed by atoms with E-state index in [1.165, 1.54) is 4.90 Å². The smallest absolute Gasteiger partial charge is 0.295 e. The number of aryl methyl sites for hydroxylation is 2. The van der Waals surface area contributed by atoms with Crippen LogP contribution < -0.4 is 4.90 Å². The molecule has 1 N–H and O–H groups in total. The van der Waals surface area contributed by atoms with Crippen LogP contribution in [0.5, 0.6) is 0 Å². The maximum absolute atomic E-state index is 13.3. The summed E-state index contributed by atoms with van der Waals surface area (Å²) in [6.45, 7) is 3.77. The van der Waals surface area contributed by atoms with Gasteiger partial charge in [0, 0.05) is 11.8 Å². The zero-order valence-electron chi connectivity index (χ0n) is 16.2. The van der Waals surface area contributed by atoms with Crippen LogP contribution in [0, 0.1) is 13.8 Å². The summed E-state index contributed by atoms with van der Waals surface area (Å²) in [5.41, 5.74) is 3.01. The standard InChI is InChI=1S/C24H20N2O3/c1-15-10-12-18(13-11-15)21(27)19-20(17-8-4-3-5-9-17)26(24(29)22(19)28)23-16(2)7-6-14-25-23/h3-14,20,28H,1-2H3. The second-order valence-electron chi connectivity index (χ2n) is 7.09. The molecule has 1 aliphatic rings. The van der Waals surface area contributed by atoms with Gasteiger partial charge in [-0.2, -0.15) is 0 Å². The zero-order chi connectivity index (χ0) is 20.5. The van der Waals surface area contributed by atoms with Gasteiger partial charge in [0.2, 0.25) is 0 Å². The first-order valence-corrected chi connectivity index (χ1v) is 9.33. The van der Waals surface area contributed by atoms with Crippen molar-refractivity contribution >= 4 is 17.5 Å². The van der Waals surface area contributed by atoms with Crippen LogP contribution in [0.1, 0.15) is 33.1 Å². The van der Waals surface area contributed by atoms with Crippen molar-refractivity contribution < 1.29 is 14.7 Å². The number of hydrogen-bond donors (Lipinski definition) is 1. The number of aliphatic hydroxyl groups is 1. The quantitative estimate of drug-likeness (QED) is 0.673. The second kappa shape index (κ2) is 7.36. The zero-order valence-corrected chi connectivity index (χ0v) is 16.2. The molecule has 3 aromatic rings. The van der Waals surface area contributed by atoms with E-state index >= 15 is 0 Å². The summed E-state index contributed by atoms with van der Waals surface area (Å²) >= 11 is 0. The summed E-state index contributed by atoms with van der Waals surface area (Å²) in [7, 11) is 0. The van der Waals surface area contributed by atoms with Crippen LogP contribution in [-0.2, 0) is 4.79 Å². The van der Waals surface area contributed by atoms with Gasteiger partial charge < -0.3 is 5.11 Å². The lowest BCUT2D eigenvalue weighted by atomic mass is 9.92. The van der Waals surface area contributed by atoms with Gasteiger partial charge in [-0.05, 0) is 31.0 Å². The first-order chi connectivity index (χ1) is 14.0. The molecule has 2 aromatic carbocycles. The summed E-state index contributed by atoms with van der Waals surface area (Å²) in [6.07, 6.45) is 1.59. The van der Waals surface area contributed by atoms with Crippen molar-refractivity contribution in [1.82, 2.24) is 4.98 Å². The van der Waals surface area contributed by atoms with Crippen molar-refractivity contribution in [2.24, 2.45) is 0 Å². The highest BCUT2D eigenvalue weighted by atomic mass is 16.3. The highest BCUT2D eigenvalue weighted by Gasteiger charge is 2.45. The first kappa shape index (κ1) is 18.6. The van der Waals surface area contributed by atoms with Crippen molar-refractivity contribution in [2.75, 3.05) is 4.90 Å². The molecule has 1 amide bonds. The number of amides is 1. The third-order valence-corrected chi connectivity index (χ3v) is 5.09. The Morgan fingerprint density at radius 2 is 1.66 bits per heavy atom. The fraction of sp³-hybridized carbons (Fsp3) is 0.125. The average Bonchev–Trinajstić information content (AvgIpc) is 3.00. The number of aromatic nitrogens is 1. The Labute approximate surface area is 169 Å². The molecule has 0 fully saturated rings. The Kier molecular flexibility index (Phi) is 4.72. The molecule has 0 saturated heterocycles. The molecular formula is C24H20N2O3. The van der Waals surface area contributed by atoms with Crippen molar-refractivity contribution in [1.29, 1.82) is 0 Å². The number of benzene rings is 2. The summed E-state index contributed by atoms with van der Waals surface area (Å²) in [5.74, 6) is -1.11. The Bertz CT molecular complexity index is 1120. The van der Waals surface area contributed by atoms with E-state index in [1.54, 1.807) is 24.4 Å². The van der Waals surface area contributed by atoms with Gasteiger partial charge in [0.25, 0.3) is 5.91 Å². The van der Waals surface area contributed by atoms with Crippen LogP contribution >= 0.6 is 0 Å². The number of aliphatic hydroxyl groups excluding tert-OH is 1. The normalized spacial score (nSPS) is 16.4. The van der Waals surface area contributed by atoms with Gasteiger partial charge in [-0.3, -0.25) is 14.5 Å². The number of rotatable bonds is 4. The predicted molar refractivity (Wildman–Crippen MR) is 111 cm³/mol. The fourth-order valence-electron chi connectivity index (χ4n) is 3.60. The lowest BCUT2D eigenvalue weighted by molar-refractivity contribution is -0.117. The number of ketones is 1. The molecule has 0 radical (unpaired) electrons. The molecule has 2 heterocycles. The summed E-state index contributed by atoms with van der Waals surface area (Å²) in [5, 5.41) is 10.7. The highest BCUT2D eigenvalue weighted by molar-refractivity contribution is 6.20. The van der Waals surface area contributed by atoms with Crippen LogP contribution in [0.25, 0.3) is 0 Å². The van der Waals surface area contributed by atoms with Crippen LogP contribution in [-0.4, -0.2) is 21.8 Å². The van der Waals surface area contributed by atoms with E-state index in [4.69, 9.17) is 0 Å². The number of anilines is 1. The van der Waals surface area contributed by atoms with Gasteiger partial charge >= 0.3 is 0 Å². The maximum atomic E-state index is 13.3. The van der Waals surface area contributed by atoms with Crippen molar-refractivity contribution in [3.05, 3.63) is 107 Å². The molecule has 144 valence electrons. The third kappa shape index (κ3) is 3.21. The minimum Gasteiger partial charge on any atom is -0.503 e. The molecule has 0 spiro atoms. The summed E-state index contributed by atoms with van der Waals surface area (Å²) < 4.78 is 0. The molecule has 0 bridgehead atoms. The van der Waals surface area contributed by atoms with Gasteiger partial charge in [-0.15, -0.1) is 0 Å². The van der Waals surface area contributed by atoms with E-state index in [2.05, 4.69) is 4.98 Å². The Morgan fingerprint density at radius 1 is 0.966 bits per heavy atom. The van der Waals surface area contributed by atoms with Crippen molar-refractivity contribution in [3.63, 3.8) is 0 Å². The Hall–Kier alpha value is -3.73. The largest absolute Gasteiger partial charge is 0.503 e. The number of Topliss-reactive ketones (excluding diaryl/α,β-unsaturated/α-hetero) is 1. The molecule has 29 heavy (non-hydrogen) atoms. The molecule has 1 atom stereocenters. The number of pyridine rings is 1. The molecule has 0 saturated carbocycles. The van der Waals surface area contributed by atoms with Gasteiger partial charge in [0.1, 0.15) is 5.82 Å². The van der Waals surface area contributed by atoms with E-state index in [0.717, 1.165) is 16.7 Å². The monoisotopic (exact) mass is 384 g/mol. The van der Waals surface area contributed by atoms with E-state index in [9.17, 15) is 14.7 Å². The second-order valence-corrected chi connectivity index (χ2v) is 7.09. The number of carbonyl (C=O) groups excluding carboxylic acids is 2. The topological polar surface area (TPSA) is 70.5 Å². The highest BCUT2D eigenvalue weighted by Crippen LogP contribution is 2.41. The van der Waals surface area contributed by atoms with E-state index in [1.807, 2.05) is 62.4 Å². The molecule has 4 rings (SSSR count). The lowest BCUT2D eigenvalue weighted by Gasteiger charge is -2.27. The molecule has 1 unspecified atom stereocenters. The van der Waals surface area contributed by atoms with Crippen LogP contribution in [0.4, 0.5) is 5.82 Å². The lowest BCUT2D eigenvalue weighted by Crippen LogP contribution is -2.32. The van der Waals surface area contributed by atoms with Crippen molar-refractivity contribution in [2.45, 2.75) is 19.9 Å². The Morgan fingerprint density at radius 3 is 2.31 bits per heavy atom. The molecule has 5 nitrogen and oxygen atoms in total. The number of nitrogens with zero attached hydrogens (tertiary/aromatic N) is 2. The predicted octanol–water partition coefficient (Wildman–Crippen LogP) is 4.48. The molecular weight excluding hydrogens is 364 g/mol. The minimum absolute atomic E-state index is 0.0649. The van der Waals surface area contributed by atoms with E-state index in [0.29, 0.717) is 11.4 Å². The third-order valence-electron chi connectivity index (χ3n) is 5.09. The van der Waals surface area contributed by atoms with Gasteiger partial charge in [-0.1, -0.05) is 66.2 Å². The molecule has 1 aliphatic heterocycles. The maximum Gasteiger partial charge on any atom is 0.295 e. The minimum atomic E-state index is -0.758. The number of carbonyl (C=O) groups is 2.